The Morgan fingerprint density at radius 1 is 1.46 bits per heavy atom. The van der Waals surface area contributed by atoms with Crippen LogP contribution in [0.15, 0.2) is 0 Å². The predicted octanol–water partition coefficient (Wildman–Crippen LogP) is 0.189. The highest BCUT2D eigenvalue weighted by atomic mass is 19.4. The number of hydrogen-bond donors (Lipinski definition) is 2. The third-order valence-electron chi connectivity index (χ3n) is 1.76. The van der Waals surface area contributed by atoms with Gasteiger partial charge in [-0.25, -0.2) is 0 Å². The lowest BCUT2D eigenvalue weighted by molar-refractivity contribution is -0.185. The molecule has 0 aliphatic heterocycles. The highest BCUT2D eigenvalue weighted by Gasteiger charge is 2.44. The Kier molecular flexibility index (Phi) is 4.66. The van der Waals surface area contributed by atoms with Crippen LogP contribution in [-0.2, 0) is 0 Å². The zero-order valence-corrected chi connectivity index (χ0v) is 7.67. The molecule has 80 valence electrons. The average molecular weight is 200 g/mol. The van der Waals surface area contributed by atoms with Gasteiger partial charge in [0.2, 0.25) is 0 Å². The number of halogens is 3. The Morgan fingerprint density at radius 2 is 1.92 bits per heavy atom. The van der Waals surface area contributed by atoms with Crippen molar-refractivity contribution in [2.45, 2.75) is 25.2 Å². The van der Waals surface area contributed by atoms with E-state index in [9.17, 15) is 13.2 Å². The number of hydrogen-bond acceptors (Lipinski definition) is 3. The van der Waals surface area contributed by atoms with E-state index >= 15 is 0 Å². The van der Waals surface area contributed by atoms with Crippen molar-refractivity contribution >= 4 is 0 Å². The van der Waals surface area contributed by atoms with Gasteiger partial charge in [0.25, 0.3) is 0 Å². The van der Waals surface area contributed by atoms with Crippen LogP contribution in [0.2, 0.25) is 0 Å². The number of alkyl halides is 3. The molecule has 0 aliphatic rings. The average Bonchev–Trinajstić information content (AvgIpc) is 1.82. The number of aliphatic hydroxyl groups excluding tert-OH is 1. The second-order valence-corrected chi connectivity index (χ2v) is 3.05. The molecule has 0 spiro atoms. The smallest absolute Gasteiger partial charge is 0.395 e. The minimum atomic E-state index is -4.35. The highest BCUT2D eigenvalue weighted by Crippen LogP contribution is 2.25. The lowest BCUT2D eigenvalue weighted by atomic mass is 10.1. The van der Waals surface area contributed by atoms with Crippen molar-refractivity contribution in [3.05, 3.63) is 0 Å². The molecule has 13 heavy (non-hydrogen) atoms. The lowest BCUT2D eigenvalue weighted by Gasteiger charge is -2.31. The molecule has 0 heterocycles. The van der Waals surface area contributed by atoms with Gasteiger partial charge < -0.3 is 10.8 Å². The van der Waals surface area contributed by atoms with Crippen molar-refractivity contribution < 1.29 is 18.3 Å². The molecule has 3 N–H and O–H groups in total. The van der Waals surface area contributed by atoms with Crippen LogP contribution in [-0.4, -0.2) is 48.5 Å². The fourth-order valence-electron chi connectivity index (χ4n) is 1.25. The number of rotatable bonds is 4. The van der Waals surface area contributed by atoms with Gasteiger partial charge in [-0.2, -0.15) is 13.2 Å². The Balaban J connectivity index is 4.42. The molecule has 0 aliphatic carbocycles. The van der Waals surface area contributed by atoms with E-state index in [1.807, 2.05) is 0 Å². The molecule has 0 saturated heterocycles. The van der Waals surface area contributed by atoms with E-state index in [1.165, 1.54) is 14.0 Å². The van der Waals surface area contributed by atoms with Gasteiger partial charge >= 0.3 is 6.18 Å². The molecule has 0 rings (SSSR count). The summed E-state index contributed by atoms with van der Waals surface area (Å²) in [6, 6.07) is -2.70. The fourth-order valence-corrected chi connectivity index (χ4v) is 1.25. The van der Waals surface area contributed by atoms with Crippen LogP contribution < -0.4 is 5.73 Å². The van der Waals surface area contributed by atoms with Crippen molar-refractivity contribution in [1.82, 2.24) is 4.90 Å². The number of nitrogens with zero attached hydrogens (tertiary/aromatic N) is 1. The first-order chi connectivity index (χ1) is 5.80. The van der Waals surface area contributed by atoms with Gasteiger partial charge in [-0.1, -0.05) is 0 Å². The Hall–Kier alpha value is -0.330. The second-order valence-electron chi connectivity index (χ2n) is 3.05. The van der Waals surface area contributed by atoms with E-state index in [0.717, 1.165) is 4.90 Å². The summed E-state index contributed by atoms with van der Waals surface area (Å²) in [5, 5.41) is 8.48. The zero-order valence-electron chi connectivity index (χ0n) is 7.67. The van der Waals surface area contributed by atoms with Crippen LogP contribution >= 0.6 is 0 Å². The molecule has 0 radical (unpaired) electrons. The van der Waals surface area contributed by atoms with Crippen molar-refractivity contribution in [2.75, 3.05) is 20.2 Å². The van der Waals surface area contributed by atoms with Crippen molar-refractivity contribution in [2.24, 2.45) is 5.73 Å². The molecule has 0 bridgehead atoms. The predicted molar refractivity (Wildman–Crippen MR) is 43.2 cm³/mol. The van der Waals surface area contributed by atoms with Crippen LogP contribution in [0, 0.1) is 0 Å². The van der Waals surface area contributed by atoms with E-state index in [-0.39, 0.29) is 13.2 Å². The van der Waals surface area contributed by atoms with Crippen molar-refractivity contribution in [1.29, 1.82) is 0 Å². The highest BCUT2D eigenvalue weighted by molar-refractivity contribution is 4.83. The summed E-state index contributed by atoms with van der Waals surface area (Å²) in [6.45, 7) is 0.952. The maximum atomic E-state index is 12.3. The van der Waals surface area contributed by atoms with E-state index in [2.05, 4.69) is 0 Å². The monoisotopic (exact) mass is 200 g/mol. The molecule has 6 heteroatoms. The van der Waals surface area contributed by atoms with Gasteiger partial charge in [-0.05, 0) is 14.0 Å². The SMILES string of the molecule is CC(N)C(N(C)CCO)C(F)(F)F. The molecule has 3 nitrogen and oxygen atoms in total. The molecule has 2 atom stereocenters. The van der Waals surface area contributed by atoms with Crippen LogP contribution in [0.4, 0.5) is 13.2 Å². The Labute approximate surface area is 75.3 Å². The van der Waals surface area contributed by atoms with Crippen LogP contribution in [0.3, 0.4) is 0 Å². The Bertz CT molecular complexity index is 149. The van der Waals surface area contributed by atoms with Gasteiger partial charge in [-0.3, -0.25) is 4.90 Å². The molecule has 0 fully saturated rings. The number of nitrogens with two attached hydrogens (primary N) is 1. The molecule has 0 saturated carbocycles. The number of likely N-dealkylation sites (N-methyl/N-ethyl adjacent to an activating group) is 1. The minimum Gasteiger partial charge on any atom is -0.395 e. The first kappa shape index (κ1) is 12.7. The topological polar surface area (TPSA) is 49.5 Å². The summed E-state index contributed by atoms with van der Waals surface area (Å²) >= 11 is 0. The van der Waals surface area contributed by atoms with Gasteiger partial charge in [0.1, 0.15) is 6.04 Å². The molecular formula is C7H15F3N2O. The van der Waals surface area contributed by atoms with Crippen LogP contribution in [0.25, 0.3) is 0 Å². The summed E-state index contributed by atoms with van der Waals surface area (Å²) in [5.74, 6) is 0. The van der Waals surface area contributed by atoms with Gasteiger partial charge in [0.15, 0.2) is 0 Å². The standard InChI is InChI=1S/C7H15F3N2O/c1-5(11)6(7(8,9)10)12(2)3-4-13/h5-6,13H,3-4,11H2,1-2H3. The fraction of sp³-hybridized carbons (Fsp3) is 1.00. The van der Waals surface area contributed by atoms with Gasteiger partial charge in [0.05, 0.1) is 6.61 Å². The first-order valence-electron chi connectivity index (χ1n) is 3.94. The summed E-state index contributed by atoms with van der Waals surface area (Å²) in [7, 11) is 1.29. The summed E-state index contributed by atoms with van der Waals surface area (Å²) in [6.07, 6.45) is -4.35. The van der Waals surface area contributed by atoms with E-state index in [0.29, 0.717) is 0 Å². The first-order valence-corrected chi connectivity index (χ1v) is 3.94. The number of aliphatic hydroxyl groups is 1. The maximum absolute atomic E-state index is 12.3. The van der Waals surface area contributed by atoms with Gasteiger partial charge in [-0.15, -0.1) is 0 Å². The minimum absolute atomic E-state index is 0.0360. The van der Waals surface area contributed by atoms with E-state index < -0.39 is 18.3 Å². The lowest BCUT2D eigenvalue weighted by Crippen LogP contribution is -2.54. The van der Waals surface area contributed by atoms with Crippen LogP contribution in [0.5, 0.6) is 0 Å². The normalized spacial score (nSPS) is 17.5. The molecular weight excluding hydrogens is 185 g/mol. The largest absolute Gasteiger partial charge is 0.405 e. The molecule has 0 amide bonds. The molecule has 0 aromatic carbocycles. The summed E-state index contributed by atoms with van der Waals surface area (Å²) in [5.41, 5.74) is 5.21. The molecule has 0 aromatic rings. The third kappa shape index (κ3) is 3.93. The summed E-state index contributed by atoms with van der Waals surface area (Å²) in [4.78, 5) is 1.00. The molecule has 2 unspecified atom stereocenters. The van der Waals surface area contributed by atoms with E-state index in [1.54, 1.807) is 0 Å². The molecule has 0 aromatic heterocycles. The van der Waals surface area contributed by atoms with Crippen molar-refractivity contribution in [3.63, 3.8) is 0 Å². The van der Waals surface area contributed by atoms with Gasteiger partial charge in [0, 0.05) is 12.6 Å². The quantitative estimate of drug-likeness (QED) is 0.681. The van der Waals surface area contributed by atoms with Crippen LogP contribution in [0.1, 0.15) is 6.92 Å². The maximum Gasteiger partial charge on any atom is 0.405 e. The zero-order chi connectivity index (χ0) is 10.6. The Morgan fingerprint density at radius 3 is 2.15 bits per heavy atom. The summed E-state index contributed by atoms with van der Waals surface area (Å²) < 4.78 is 37.0. The van der Waals surface area contributed by atoms with Crippen molar-refractivity contribution in [3.8, 4) is 0 Å². The third-order valence-corrected chi connectivity index (χ3v) is 1.76. The second kappa shape index (κ2) is 4.78. The van der Waals surface area contributed by atoms with E-state index in [4.69, 9.17) is 10.8 Å².